The summed E-state index contributed by atoms with van der Waals surface area (Å²) in [7, 11) is -3.73. The molecule has 0 spiro atoms. The summed E-state index contributed by atoms with van der Waals surface area (Å²) in [5.74, 6) is -0.437. The van der Waals surface area contributed by atoms with Gasteiger partial charge in [-0.1, -0.05) is 44.0 Å². The number of H-pyrrole nitrogens is 1. The number of sulfonamides is 1. The molecule has 33 heavy (non-hydrogen) atoms. The molecule has 3 rings (SSSR count). The molecule has 0 aliphatic rings. The van der Waals surface area contributed by atoms with Crippen LogP contribution in [0.2, 0.25) is 5.02 Å². The molecular formula is C24H28ClN3O4S. The number of unbranched alkanes of at least 4 members (excludes halogenated alkanes) is 1. The molecule has 2 aromatic carbocycles. The monoisotopic (exact) mass is 489 g/mol. The van der Waals surface area contributed by atoms with Gasteiger partial charge in [0.15, 0.2) is 0 Å². The largest absolute Gasteiger partial charge is 0.352 e. The second kappa shape index (κ2) is 11.0. The Kier molecular flexibility index (Phi) is 8.29. The van der Waals surface area contributed by atoms with Crippen molar-refractivity contribution in [3.05, 3.63) is 75.0 Å². The number of halogens is 1. The standard InChI is InChI=1S/C24H28ClN3O4S/c1-3-5-14-28(4-2)33(31,32)19-10-11-22-20(15-19)21(16-23(29)27-22)24(30)26-13-12-17-6-8-18(25)9-7-17/h6-11,15-16H,3-5,12-14H2,1-2H3,(H,26,30)(H,27,29). The smallest absolute Gasteiger partial charge is 0.252 e. The molecule has 176 valence electrons. The van der Waals surface area contributed by atoms with E-state index in [0.717, 1.165) is 18.4 Å². The number of carbonyl (C=O) groups excluding carboxylic acids is 1. The van der Waals surface area contributed by atoms with E-state index in [2.05, 4.69) is 10.3 Å². The van der Waals surface area contributed by atoms with Gasteiger partial charge in [0.25, 0.3) is 5.91 Å². The Morgan fingerprint density at radius 1 is 1.09 bits per heavy atom. The van der Waals surface area contributed by atoms with Crippen LogP contribution >= 0.6 is 11.6 Å². The van der Waals surface area contributed by atoms with Gasteiger partial charge in [0, 0.05) is 41.6 Å². The lowest BCUT2D eigenvalue weighted by Gasteiger charge is -2.20. The van der Waals surface area contributed by atoms with E-state index < -0.39 is 21.5 Å². The molecule has 0 fully saturated rings. The fraction of sp³-hybridized carbons (Fsp3) is 0.333. The number of nitrogens with zero attached hydrogens (tertiary/aromatic N) is 1. The number of pyridine rings is 1. The van der Waals surface area contributed by atoms with Gasteiger partial charge in [0.2, 0.25) is 15.6 Å². The normalized spacial score (nSPS) is 11.8. The Morgan fingerprint density at radius 3 is 2.48 bits per heavy atom. The van der Waals surface area contributed by atoms with Crippen LogP contribution in [0.25, 0.3) is 10.9 Å². The molecule has 0 bridgehead atoms. The summed E-state index contributed by atoms with van der Waals surface area (Å²) in [5, 5.41) is 3.84. The van der Waals surface area contributed by atoms with Crippen LogP contribution in [0.4, 0.5) is 0 Å². The molecule has 2 N–H and O–H groups in total. The predicted molar refractivity (Wildman–Crippen MR) is 131 cm³/mol. The Balaban J connectivity index is 1.89. The van der Waals surface area contributed by atoms with Crippen LogP contribution in [-0.2, 0) is 16.4 Å². The summed E-state index contributed by atoms with van der Waals surface area (Å²) >= 11 is 5.90. The highest BCUT2D eigenvalue weighted by molar-refractivity contribution is 7.89. The van der Waals surface area contributed by atoms with E-state index in [9.17, 15) is 18.0 Å². The highest BCUT2D eigenvalue weighted by Crippen LogP contribution is 2.23. The first-order valence-electron chi connectivity index (χ1n) is 11.0. The Labute approximate surface area is 198 Å². The molecule has 0 saturated heterocycles. The van der Waals surface area contributed by atoms with E-state index >= 15 is 0 Å². The maximum absolute atomic E-state index is 13.2. The van der Waals surface area contributed by atoms with Gasteiger partial charge < -0.3 is 10.3 Å². The molecule has 0 aliphatic heterocycles. The van der Waals surface area contributed by atoms with Crippen LogP contribution in [0.3, 0.4) is 0 Å². The van der Waals surface area contributed by atoms with E-state index in [1.54, 1.807) is 19.1 Å². The topological polar surface area (TPSA) is 99.3 Å². The lowest BCUT2D eigenvalue weighted by atomic mass is 10.1. The SMILES string of the molecule is CCCCN(CC)S(=O)(=O)c1ccc2[nH]c(=O)cc(C(=O)NCCc3ccc(Cl)cc3)c2c1. The maximum atomic E-state index is 13.2. The second-order valence-corrected chi connectivity index (χ2v) is 10.1. The third-order valence-corrected chi connectivity index (χ3v) is 7.65. The summed E-state index contributed by atoms with van der Waals surface area (Å²) in [5.41, 5.74) is 1.12. The van der Waals surface area contributed by atoms with Crippen LogP contribution in [0, 0.1) is 0 Å². The minimum atomic E-state index is -3.73. The third kappa shape index (κ3) is 6.01. The number of carbonyl (C=O) groups is 1. The molecule has 1 aromatic heterocycles. The first kappa shape index (κ1) is 25.0. The van der Waals surface area contributed by atoms with Crippen molar-refractivity contribution in [2.75, 3.05) is 19.6 Å². The molecule has 7 nitrogen and oxygen atoms in total. The average molecular weight is 490 g/mol. The van der Waals surface area contributed by atoms with E-state index in [-0.39, 0.29) is 10.5 Å². The fourth-order valence-electron chi connectivity index (χ4n) is 3.58. The van der Waals surface area contributed by atoms with Crippen LogP contribution in [-0.4, -0.2) is 43.2 Å². The van der Waals surface area contributed by atoms with E-state index in [0.29, 0.717) is 42.0 Å². The summed E-state index contributed by atoms with van der Waals surface area (Å²) < 4.78 is 27.7. The summed E-state index contributed by atoms with van der Waals surface area (Å²) in [6.45, 7) is 4.93. The second-order valence-electron chi connectivity index (χ2n) is 7.74. The van der Waals surface area contributed by atoms with Gasteiger partial charge in [-0.25, -0.2) is 8.42 Å². The van der Waals surface area contributed by atoms with Crippen molar-refractivity contribution in [2.45, 2.75) is 38.0 Å². The lowest BCUT2D eigenvalue weighted by Crippen LogP contribution is -2.32. The lowest BCUT2D eigenvalue weighted by molar-refractivity contribution is 0.0955. The summed E-state index contributed by atoms with van der Waals surface area (Å²) in [4.78, 5) is 27.8. The van der Waals surface area contributed by atoms with Crippen molar-refractivity contribution in [3.8, 4) is 0 Å². The Morgan fingerprint density at radius 2 is 1.82 bits per heavy atom. The van der Waals surface area contributed by atoms with Crippen molar-refractivity contribution in [3.63, 3.8) is 0 Å². The average Bonchev–Trinajstić information content (AvgIpc) is 2.79. The number of fused-ring (bicyclic) bond motifs is 1. The molecule has 9 heteroatoms. The van der Waals surface area contributed by atoms with Crippen molar-refractivity contribution < 1.29 is 13.2 Å². The van der Waals surface area contributed by atoms with Gasteiger partial charge in [-0.15, -0.1) is 0 Å². The quantitative estimate of drug-likeness (QED) is 0.450. The molecule has 1 heterocycles. The summed E-state index contributed by atoms with van der Waals surface area (Å²) in [6.07, 6.45) is 2.23. The van der Waals surface area contributed by atoms with Crippen molar-refractivity contribution in [2.24, 2.45) is 0 Å². The zero-order valence-electron chi connectivity index (χ0n) is 18.7. The highest BCUT2D eigenvalue weighted by Gasteiger charge is 2.24. The molecule has 3 aromatic rings. The summed E-state index contributed by atoms with van der Waals surface area (Å²) in [6, 6.07) is 13.0. The van der Waals surface area contributed by atoms with Gasteiger partial charge in [-0.3, -0.25) is 9.59 Å². The number of aromatic amines is 1. The van der Waals surface area contributed by atoms with Crippen molar-refractivity contribution in [1.29, 1.82) is 0 Å². The van der Waals surface area contributed by atoms with Crippen LogP contribution in [0.1, 0.15) is 42.6 Å². The number of hydrogen-bond donors (Lipinski definition) is 2. The van der Waals surface area contributed by atoms with Crippen LogP contribution in [0.5, 0.6) is 0 Å². The first-order valence-corrected chi connectivity index (χ1v) is 12.8. The number of benzene rings is 2. The van der Waals surface area contributed by atoms with E-state index in [4.69, 9.17) is 11.6 Å². The molecule has 1 amide bonds. The van der Waals surface area contributed by atoms with Crippen molar-refractivity contribution >= 4 is 38.4 Å². The van der Waals surface area contributed by atoms with Crippen LogP contribution < -0.4 is 10.9 Å². The molecule has 0 radical (unpaired) electrons. The van der Waals surface area contributed by atoms with Gasteiger partial charge in [0.1, 0.15) is 0 Å². The number of nitrogens with one attached hydrogen (secondary N) is 2. The number of aromatic nitrogens is 1. The third-order valence-electron chi connectivity index (χ3n) is 5.42. The zero-order chi connectivity index (χ0) is 24.0. The zero-order valence-corrected chi connectivity index (χ0v) is 20.3. The number of hydrogen-bond acceptors (Lipinski definition) is 4. The minimum Gasteiger partial charge on any atom is -0.352 e. The first-order chi connectivity index (χ1) is 15.8. The maximum Gasteiger partial charge on any atom is 0.252 e. The highest BCUT2D eigenvalue weighted by atomic mass is 35.5. The molecule has 0 unspecified atom stereocenters. The van der Waals surface area contributed by atoms with Gasteiger partial charge >= 0.3 is 0 Å². The van der Waals surface area contributed by atoms with Gasteiger partial charge in [-0.05, 0) is 48.7 Å². The molecule has 0 aliphatic carbocycles. The minimum absolute atomic E-state index is 0.0928. The van der Waals surface area contributed by atoms with Gasteiger partial charge in [0.05, 0.1) is 10.5 Å². The van der Waals surface area contributed by atoms with E-state index in [1.807, 2.05) is 19.1 Å². The van der Waals surface area contributed by atoms with Crippen molar-refractivity contribution in [1.82, 2.24) is 14.6 Å². The number of amides is 1. The Bertz CT molecular complexity index is 1290. The Hall–Kier alpha value is -2.68. The molecule has 0 atom stereocenters. The van der Waals surface area contributed by atoms with Gasteiger partial charge in [-0.2, -0.15) is 4.31 Å². The molecular weight excluding hydrogens is 462 g/mol. The molecule has 0 saturated carbocycles. The van der Waals surface area contributed by atoms with Crippen LogP contribution in [0.15, 0.2) is 58.2 Å². The number of rotatable bonds is 10. The van der Waals surface area contributed by atoms with E-state index in [1.165, 1.54) is 28.6 Å². The fourth-order valence-corrected chi connectivity index (χ4v) is 5.22. The predicted octanol–water partition coefficient (Wildman–Crippen LogP) is 3.96.